The van der Waals surface area contributed by atoms with E-state index >= 15 is 0 Å². The van der Waals surface area contributed by atoms with Gasteiger partial charge < -0.3 is 10.6 Å². The van der Waals surface area contributed by atoms with Gasteiger partial charge in [-0.3, -0.25) is 4.79 Å². The molecule has 0 saturated carbocycles. The molecule has 0 bridgehead atoms. The third kappa shape index (κ3) is 5.13. The van der Waals surface area contributed by atoms with Crippen molar-refractivity contribution < 1.29 is 4.79 Å². The molecule has 0 atom stereocenters. The van der Waals surface area contributed by atoms with Crippen molar-refractivity contribution in [3.8, 4) is 6.07 Å². The Morgan fingerprint density at radius 3 is 2.63 bits per heavy atom. The molecule has 3 aromatic rings. The van der Waals surface area contributed by atoms with E-state index in [1.54, 1.807) is 24.3 Å². The first-order chi connectivity index (χ1) is 13.3. The van der Waals surface area contributed by atoms with Gasteiger partial charge in [-0.15, -0.1) is 0 Å². The van der Waals surface area contributed by atoms with E-state index in [-0.39, 0.29) is 17.5 Å². The van der Waals surface area contributed by atoms with Gasteiger partial charge in [0.25, 0.3) is 5.91 Å². The van der Waals surface area contributed by atoms with Crippen LogP contribution in [0.4, 0.5) is 11.6 Å². The van der Waals surface area contributed by atoms with Crippen molar-refractivity contribution in [1.29, 1.82) is 5.26 Å². The number of nitrogens with zero attached hydrogens (tertiary/aromatic N) is 3. The van der Waals surface area contributed by atoms with E-state index in [2.05, 4.69) is 38.8 Å². The van der Waals surface area contributed by atoms with Crippen LogP contribution in [0.3, 0.4) is 0 Å². The summed E-state index contributed by atoms with van der Waals surface area (Å²) in [5, 5.41) is 15.0. The zero-order valence-electron chi connectivity index (χ0n) is 14.7. The van der Waals surface area contributed by atoms with Gasteiger partial charge in [-0.2, -0.15) is 5.26 Å². The average molecular weight is 357 g/mol. The molecule has 0 radical (unpaired) electrons. The molecule has 0 fully saturated rings. The SMILES string of the molecule is N#Cc1ccccc1Nc1nccc(C(=O)NCCCc2ccccc2)n1. The highest BCUT2D eigenvalue weighted by Gasteiger charge is 2.09. The van der Waals surface area contributed by atoms with Crippen molar-refractivity contribution in [3.63, 3.8) is 0 Å². The first-order valence-corrected chi connectivity index (χ1v) is 8.67. The van der Waals surface area contributed by atoms with Crippen molar-refractivity contribution in [2.45, 2.75) is 12.8 Å². The summed E-state index contributed by atoms with van der Waals surface area (Å²) in [6, 6.07) is 20.9. The minimum absolute atomic E-state index is 0.248. The maximum Gasteiger partial charge on any atom is 0.270 e. The van der Waals surface area contributed by atoms with Crippen molar-refractivity contribution in [2.24, 2.45) is 0 Å². The van der Waals surface area contributed by atoms with Crippen molar-refractivity contribution in [2.75, 3.05) is 11.9 Å². The van der Waals surface area contributed by atoms with Gasteiger partial charge in [0.2, 0.25) is 5.95 Å². The number of para-hydroxylation sites is 1. The fourth-order valence-corrected chi connectivity index (χ4v) is 2.59. The molecule has 27 heavy (non-hydrogen) atoms. The minimum Gasteiger partial charge on any atom is -0.351 e. The Morgan fingerprint density at radius 1 is 1.04 bits per heavy atom. The van der Waals surface area contributed by atoms with E-state index in [4.69, 9.17) is 5.26 Å². The maximum atomic E-state index is 12.3. The first-order valence-electron chi connectivity index (χ1n) is 8.67. The van der Waals surface area contributed by atoms with Gasteiger partial charge in [-0.25, -0.2) is 9.97 Å². The second-order valence-corrected chi connectivity index (χ2v) is 5.89. The number of hydrogen-bond acceptors (Lipinski definition) is 5. The van der Waals surface area contributed by atoms with Crippen molar-refractivity contribution in [3.05, 3.63) is 83.7 Å². The van der Waals surface area contributed by atoms with Gasteiger partial charge in [-0.1, -0.05) is 42.5 Å². The molecule has 3 rings (SSSR count). The number of carbonyl (C=O) groups excluding carboxylic acids is 1. The highest BCUT2D eigenvalue weighted by molar-refractivity contribution is 5.92. The average Bonchev–Trinajstić information content (AvgIpc) is 2.72. The fourth-order valence-electron chi connectivity index (χ4n) is 2.59. The van der Waals surface area contributed by atoms with Crippen LogP contribution in [-0.4, -0.2) is 22.4 Å². The van der Waals surface area contributed by atoms with Crippen LogP contribution in [0.15, 0.2) is 66.9 Å². The van der Waals surface area contributed by atoms with Crippen LogP contribution >= 0.6 is 0 Å². The smallest absolute Gasteiger partial charge is 0.270 e. The molecule has 0 aliphatic rings. The number of rotatable bonds is 7. The largest absolute Gasteiger partial charge is 0.351 e. The molecule has 134 valence electrons. The van der Waals surface area contributed by atoms with E-state index in [1.165, 1.54) is 11.8 Å². The Balaban J connectivity index is 1.56. The van der Waals surface area contributed by atoms with Gasteiger partial charge in [0, 0.05) is 12.7 Å². The lowest BCUT2D eigenvalue weighted by molar-refractivity contribution is 0.0948. The van der Waals surface area contributed by atoms with Gasteiger partial charge in [-0.05, 0) is 36.6 Å². The number of benzene rings is 2. The molecule has 0 spiro atoms. The standard InChI is InChI=1S/C21H19N5O/c22-15-17-10-4-5-11-18(17)25-21-24-14-12-19(26-21)20(27)23-13-6-9-16-7-2-1-3-8-16/h1-5,7-8,10-12,14H,6,9,13H2,(H,23,27)(H,24,25,26). The minimum atomic E-state index is -0.248. The molecule has 2 N–H and O–H groups in total. The van der Waals surface area contributed by atoms with E-state index in [9.17, 15) is 4.79 Å². The molecular formula is C21H19N5O. The number of hydrogen-bond donors (Lipinski definition) is 2. The summed E-state index contributed by atoms with van der Waals surface area (Å²) in [4.78, 5) is 20.7. The zero-order chi connectivity index (χ0) is 18.9. The van der Waals surface area contributed by atoms with Gasteiger partial charge >= 0.3 is 0 Å². The quantitative estimate of drug-likeness (QED) is 0.632. The Kier molecular flexibility index (Phi) is 6.10. The lowest BCUT2D eigenvalue weighted by Crippen LogP contribution is -2.26. The van der Waals surface area contributed by atoms with Crippen LogP contribution in [0.2, 0.25) is 0 Å². The number of nitrogens with one attached hydrogen (secondary N) is 2. The first kappa shape index (κ1) is 18.1. The Bertz CT molecular complexity index is 950. The van der Waals surface area contributed by atoms with E-state index in [1.807, 2.05) is 24.3 Å². The topological polar surface area (TPSA) is 90.7 Å². The molecule has 1 amide bonds. The molecule has 6 heteroatoms. The number of amides is 1. The second kappa shape index (κ2) is 9.11. The van der Waals surface area contributed by atoms with E-state index in [0.29, 0.717) is 17.8 Å². The predicted molar refractivity (Wildman–Crippen MR) is 104 cm³/mol. The summed E-state index contributed by atoms with van der Waals surface area (Å²) in [5.74, 6) is 0.0247. The lowest BCUT2D eigenvalue weighted by atomic mass is 10.1. The summed E-state index contributed by atoms with van der Waals surface area (Å²) in [6.45, 7) is 0.567. The molecule has 1 aromatic heterocycles. The molecule has 0 aliphatic carbocycles. The highest BCUT2D eigenvalue weighted by Crippen LogP contribution is 2.17. The molecule has 0 aliphatic heterocycles. The molecule has 0 unspecified atom stereocenters. The third-order valence-corrected chi connectivity index (χ3v) is 3.95. The summed E-state index contributed by atoms with van der Waals surface area (Å²) < 4.78 is 0. The zero-order valence-corrected chi connectivity index (χ0v) is 14.7. The number of carbonyl (C=O) groups is 1. The second-order valence-electron chi connectivity index (χ2n) is 5.89. The van der Waals surface area contributed by atoms with Crippen LogP contribution in [0.25, 0.3) is 0 Å². The number of anilines is 2. The van der Waals surface area contributed by atoms with Gasteiger partial charge in [0.1, 0.15) is 11.8 Å². The van der Waals surface area contributed by atoms with Crippen LogP contribution in [0, 0.1) is 11.3 Å². The Labute approximate surface area is 157 Å². The number of aryl methyl sites for hydroxylation is 1. The molecule has 2 aromatic carbocycles. The van der Waals surface area contributed by atoms with Gasteiger partial charge in [0.15, 0.2) is 0 Å². The predicted octanol–water partition coefficient (Wildman–Crippen LogP) is 3.45. The van der Waals surface area contributed by atoms with Crippen LogP contribution in [-0.2, 0) is 6.42 Å². The summed E-state index contributed by atoms with van der Waals surface area (Å²) in [7, 11) is 0. The van der Waals surface area contributed by atoms with Crippen LogP contribution in [0.5, 0.6) is 0 Å². The normalized spacial score (nSPS) is 10.0. The molecular weight excluding hydrogens is 338 g/mol. The van der Waals surface area contributed by atoms with Gasteiger partial charge in [0.05, 0.1) is 11.3 Å². The summed E-state index contributed by atoms with van der Waals surface area (Å²) >= 11 is 0. The maximum absolute atomic E-state index is 12.3. The molecule has 0 saturated heterocycles. The summed E-state index contributed by atoms with van der Waals surface area (Å²) in [6.07, 6.45) is 3.27. The summed E-state index contributed by atoms with van der Waals surface area (Å²) in [5.41, 5.74) is 2.61. The Hall–Kier alpha value is -3.72. The van der Waals surface area contributed by atoms with Crippen molar-refractivity contribution in [1.82, 2.24) is 15.3 Å². The lowest BCUT2D eigenvalue weighted by Gasteiger charge is -2.08. The monoisotopic (exact) mass is 357 g/mol. The third-order valence-electron chi connectivity index (χ3n) is 3.95. The molecule has 1 heterocycles. The highest BCUT2D eigenvalue weighted by atomic mass is 16.1. The number of aromatic nitrogens is 2. The fraction of sp³-hybridized carbons (Fsp3) is 0.143. The van der Waals surface area contributed by atoms with Crippen molar-refractivity contribution >= 4 is 17.5 Å². The Morgan fingerprint density at radius 2 is 1.81 bits per heavy atom. The van der Waals surface area contributed by atoms with E-state index < -0.39 is 0 Å². The number of nitriles is 1. The van der Waals surface area contributed by atoms with Crippen LogP contribution in [0.1, 0.15) is 28.0 Å². The van der Waals surface area contributed by atoms with Crippen LogP contribution < -0.4 is 10.6 Å². The molecule has 6 nitrogen and oxygen atoms in total. The van der Waals surface area contributed by atoms with E-state index in [0.717, 1.165) is 12.8 Å².